The number of nitrogens with zero attached hydrogens (tertiary/aromatic N) is 5. The second kappa shape index (κ2) is 5.77. The van der Waals surface area contributed by atoms with Crippen molar-refractivity contribution in [3.8, 4) is 0 Å². The number of alkyl halides is 1. The van der Waals surface area contributed by atoms with Crippen LogP contribution in [0.4, 0.5) is 0 Å². The zero-order valence-electron chi connectivity index (χ0n) is 12.4. The van der Waals surface area contributed by atoms with E-state index in [1.54, 1.807) is 11.3 Å². The van der Waals surface area contributed by atoms with Crippen LogP contribution in [-0.2, 0) is 20.0 Å². The van der Waals surface area contributed by atoms with Gasteiger partial charge in [-0.3, -0.25) is 9.67 Å². The van der Waals surface area contributed by atoms with Crippen LogP contribution in [0.1, 0.15) is 42.0 Å². The van der Waals surface area contributed by atoms with Gasteiger partial charge in [-0.05, 0) is 13.3 Å². The molecule has 0 radical (unpaired) electrons. The van der Waals surface area contributed by atoms with Crippen LogP contribution >= 0.6 is 22.9 Å². The summed E-state index contributed by atoms with van der Waals surface area (Å²) in [6.45, 7) is 4.84. The van der Waals surface area contributed by atoms with Crippen molar-refractivity contribution in [1.29, 1.82) is 0 Å². The number of aryl methyl sites for hydroxylation is 2. The van der Waals surface area contributed by atoms with Crippen LogP contribution in [0.5, 0.6) is 0 Å². The molecule has 7 heteroatoms. The molecule has 112 valence electrons. The van der Waals surface area contributed by atoms with Crippen molar-refractivity contribution in [2.45, 2.75) is 38.6 Å². The molecule has 3 aromatic heterocycles. The van der Waals surface area contributed by atoms with E-state index in [1.807, 2.05) is 30.4 Å². The molecule has 0 aliphatic carbocycles. The van der Waals surface area contributed by atoms with Gasteiger partial charge in [-0.1, -0.05) is 13.3 Å². The first-order valence-electron chi connectivity index (χ1n) is 7.05. The fourth-order valence-electron chi connectivity index (χ4n) is 2.60. The van der Waals surface area contributed by atoms with Crippen LogP contribution < -0.4 is 0 Å². The summed E-state index contributed by atoms with van der Waals surface area (Å²) in [7, 11) is 1.97. The maximum Gasteiger partial charge on any atom is 0.159 e. The van der Waals surface area contributed by atoms with Gasteiger partial charge in [0.2, 0.25) is 0 Å². The summed E-state index contributed by atoms with van der Waals surface area (Å²) in [5.41, 5.74) is 4.91. The molecule has 5 nitrogen and oxygen atoms in total. The number of halogens is 1. The molecule has 0 aliphatic rings. The number of aromatic nitrogens is 5. The minimum atomic E-state index is -0.139. The predicted molar refractivity (Wildman–Crippen MR) is 86.0 cm³/mol. The van der Waals surface area contributed by atoms with Gasteiger partial charge >= 0.3 is 0 Å². The van der Waals surface area contributed by atoms with Crippen LogP contribution in [0.3, 0.4) is 0 Å². The molecule has 1 unspecified atom stereocenters. The topological polar surface area (TPSA) is 48.5 Å². The van der Waals surface area contributed by atoms with Crippen molar-refractivity contribution in [2.75, 3.05) is 0 Å². The molecule has 1 atom stereocenters. The van der Waals surface area contributed by atoms with Gasteiger partial charge in [-0.2, -0.15) is 5.10 Å². The fraction of sp³-hybridized carbons (Fsp3) is 0.500. The highest BCUT2D eigenvalue weighted by Gasteiger charge is 2.21. The number of thiazole rings is 1. The molecule has 0 N–H and O–H groups in total. The minimum Gasteiger partial charge on any atom is -0.306 e. The fourth-order valence-corrected chi connectivity index (χ4v) is 3.35. The first-order valence-corrected chi connectivity index (χ1v) is 8.36. The van der Waals surface area contributed by atoms with Crippen LogP contribution in [0.25, 0.3) is 11.2 Å². The molecule has 21 heavy (non-hydrogen) atoms. The summed E-state index contributed by atoms with van der Waals surface area (Å²) in [6, 6.07) is 0. The predicted octanol–water partition coefficient (Wildman–Crippen LogP) is 3.53. The van der Waals surface area contributed by atoms with E-state index in [0.29, 0.717) is 0 Å². The van der Waals surface area contributed by atoms with Crippen molar-refractivity contribution in [1.82, 2.24) is 24.3 Å². The maximum absolute atomic E-state index is 6.33. The van der Waals surface area contributed by atoms with Gasteiger partial charge < -0.3 is 4.57 Å². The van der Waals surface area contributed by atoms with E-state index in [9.17, 15) is 0 Å². The monoisotopic (exact) mass is 323 g/mol. The van der Waals surface area contributed by atoms with Crippen LogP contribution in [0.15, 0.2) is 11.7 Å². The largest absolute Gasteiger partial charge is 0.306 e. The smallest absolute Gasteiger partial charge is 0.159 e. The van der Waals surface area contributed by atoms with Crippen molar-refractivity contribution in [3.63, 3.8) is 0 Å². The Labute approximate surface area is 132 Å². The number of rotatable bonds is 5. The van der Waals surface area contributed by atoms with E-state index < -0.39 is 0 Å². The third-order valence-corrected chi connectivity index (χ3v) is 4.42. The zero-order chi connectivity index (χ0) is 15.0. The quantitative estimate of drug-likeness (QED) is 0.675. The van der Waals surface area contributed by atoms with Gasteiger partial charge in [0, 0.05) is 18.1 Å². The Hall–Kier alpha value is -1.40. The normalized spacial score (nSPS) is 13.1. The van der Waals surface area contributed by atoms with E-state index in [4.69, 9.17) is 16.6 Å². The van der Waals surface area contributed by atoms with E-state index in [1.165, 1.54) is 4.88 Å². The molecule has 0 saturated carbocycles. The minimum absolute atomic E-state index is 0.139. The van der Waals surface area contributed by atoms with Crippen molar-refractivity contribution in [2.24, 2.45) is 7.05 Å². The number of hydrogen-bond donors (Lipinski definition) is 0. The van der Waals surface area contributed by atoms with Crippen LogP contribution in [-0.4, -0.2) is 24.3 Å². The number of hydrogen-bond acceptors (Lipinski definition) is 4. The molecule has 0 aromatic carbocycles. The average Bonchev–Trinajstić information content (AvgIpc) is 3.11. The molecule has 0 amide bonds. The lowest BCUT2D eigenvalue weighted by molar-refractivity contribution is 0.682. The third kappa shape index (κ3) is 2.58. The van der Waals surface area contributed by atoms with Crippen molar-refractivity contribution >= 4 is 34.1 Å². The summed E-state index contributed by atoms with van der Waals surface area (Å²) in [6.07, 6.45) is 3.88. The van der Waals surface area contributed by atoms with Crippen LogP contribution in [0, 0.1) is 0 Å². The molecule has 0 saturated heterocycles. The molecule has 3 rings (SSSR count). The molecule has 3 aromatic rings. The number of imidazole rings is 1. The second-order valence-corrected chi connectivity index (χ2v) is 6.76. The highest BCUT2D eigenvalue weighted by Crippen LogP contribution is 2.28. The van der Waals surface area contributed by atoms with E-state index in [2.05, 4.69) is 21.6 Å². The summed E-state index contributed by atoms with van der Waals surface area (Å²) >= 11 is 7.97. The molecule has 0 bridgehead atoms. The van der Waals surface area contributed by atoms with Gasteiger partial charge in [0.25, 0.3) is 0 Å². The lowest BCUT2D eigenvalue weighted by atomic mass is 10.2. The van der Waals surface area contributed by atoms with Crippen molar-refractivity contribution < 1.29 is 0 Å². The first-order chi connectivity index (χ1) is 10.1. The molecular formula is C14H18ClN5S. The van der Waals surface area contributed by atoms with Gasteiger partial charge in [0.15, 0.2) is 5.65 Å². The van der Waals surface area contributed by atoms with E-state index in [-0.39, 0.29) is 5.38 Å². The highest BCUT2D eigenvalue weighted by atomic mass is 35.5. The lowest BCUT2D eigenvalue weighted by Crippen LogP contribution is -2.08. The Kier molecular flexibility index (Phi) is 3.99. The summed E-state index contributed by atoms with van der Waals surface area (Å²) in [4.78, 5) is 10.1. The maximum atomic E-state index is 6.33. The Morgan fingerprint density at radius 3 is 2.86 bits per heavy atom. The molecule has 3 heterocycles. The SMILES string of the molecule is CCCc1nn(C)c2c1nc(C(C)Cl)n2Cc1cncs1. The second-order valence-electron chi connectivity index (χ2n) is 5.13. The van der Waals surface area contributed by atoms with E-state index in [0.717, 1.165) is 42.1 Å². The highest BCUT2D eigenvalue weighted by molar-refractivity contribution is 7.09. The molecule has 0 aliphatic heterocycles. The summed E-state index contributed by atoms with van der Waals surface area (Å²) in [5.74, 6) is 0.894. The first kappa shape index (κ1) is 14.5. The third-order valence-electron chi connectivity index (χ3n) is 3.46. The standard InChI is InChI=1S/C14H18ClN5S/c1-4-5-11-12-14(19(3)18-11)20(13(17-12)9(2)15)7-10-6-16-8-21-10/h6,8-9H,4-5,7H2,1-3H3. The van der Waals surface area contributed by atoms with Gasteiger partial charge in [-0.15, -0.1) is 22.9 Å². The Bertz CT molecular complexity index is 741. The van der Waals surface area contributed by atoms with Gasteiger partial charge in [-0.25, -0.2) is 4.98 Å². The Morgan fingerprint density at radius 1 is 1.43 bits per heavy atom. The average molecular weight is 324 g/mol. The number of fused-ring (bicyclic) bond motifs is 1. The lowest BCUT2D eigenvalue weighted by Gasteiger charge is -2.09. The zero-order valence-corrected chi connectivity index (χ0v) is 13.9. The Morgan fingerprint density at radius 2 is 2.24 bits per heavy atom. The Balaban J connectivity index is 2.17. The van der Waals surface area contributed by atoms with Gasteiger partial charge in [0.05, 0.1) is 23.1 Å². The van der Waals surface area contributed by atoms with Crippen LogP contribution in [0.2, 0.25) is 0 Å². The molecule has 0 spiro atoms. The molecule has 0 fully saturated rings. The summed E-state index contributed by atoms with van der Waals surface area (Å²) < 4.78 is 4.07. The van der Waals surface area contributed by atoms with Gasteiger partial charge in [0.1, 0.15) is 11.3 Å². The van der Waals surface area contributed by atoms with Crippen molar-refractivity contribution in [3.05, 3.63) is 28.1 Å². The van der Waals surface area contributed by atoms with E-state index >= 15 is 0 Å². The summed E-state index contributed by atoms with van der Waals surface area (Å²) in [5, 5.41) is 4.47. The molecular weight excluding hydrogens is 306 g/mol.